The molecule has 0 radical (unpaired) electrons. The van der Waals surface area contributed by atoms with Gasteiger partial charge in [0.05, 0.1) is 13.0 Å². The van der Waals surface area contributed by atoms with Crippen molar-refractivity contribution in [1.82, 2.24) is 10.6 Å². The van der Waals surface area contributed by atoms with Crippen molar-refractivity contribution >= 4 is 29.1 Å². The van der Waals surface area contributed by atoms with Crippen molar-refractivity contribution < 1.29 is 23.9 Å². The summed E-state index contributed by atoms with van der Waals surface area (Å²) in [5, 5.41) is 8.74. The molecular formula is C19H22N2O5S. The van der Waals surface area contributed by atoms with Crippen LogP contribution in [0.3, 0.4) is 0 Å². The number of ether oxygens (including phenoxy) is 2. The van der Waals surface area contributed by atoms with Crippen LogP contribution < -0.4 is 15.4 Å². The second kappa shape index (κ2) is 11.0. The standard InChI is InChI=1S/C19H22N2O5S/c1-14-3-2-4-16(11-14)25-9-8-20-17(22)12-26-18(23)5-7-21-19(24)15-6-10-27-13-15/h2-4,6,10-11,13H,5,7-9,12H2,1H3,(H,20,22)(H,21,24). The monoisotopic (exact) mass is 390 g/mol. The predicted octanol–water partition coefficient (Wildman–Crippen LogP) is 1.91. The highest BCUT2D eigenvalue weighted by Crippen LogP contribution is 2.11. The first-order chi connectivity index (χ1) is 13.0. The van der Waals surface area contributed by atoms with Gasteiger partial charge in [0.2, 0.25) is 0 Å². The first kappa shape index (κ1) is 20.4. The Hall–Kier alpha value is -2.87. The van der Waals surface area contributed by atoms with E-state index in [1.54, 1.807) is 16.8 Å². The molecule has 0 saturated carbocycles. The smallest absolute Gasteiger partial charge is 0.308 e. The molecule has 27 heavy (non-hydrogen) atoms. The normalized spacial score (nSPS) is 10.1. The fourth-order valence-corrected chi connectivity index (χ4v) is 2.74. The third-order valence-corrected chi connectivity index (χ3v) is 4.13. The molecule has 0 aliphatic carbocycles. The highest BCUT2D eigenvalue weighted by atomic mass is 32.1. The highest BCUT2D eigenvalue weighted by Gasteiger charge is 2.09. The summed E-state index contributed by atoms with van der Waals surface area (Å²) in [6, 6.07) is 9.31. The molecule has 0 fully saturated rings. The van der Waals surface area contributed by atoms with Gasteiger partial charge >= 0.3 is 5.97 Å². The van der Waals surface area contributed by atoms with Gasteiger partial charge in [-0.2, -0.15) is 11.3 Å². The van der Waals surface area contributed by atoms with Gasteiger partial charge in [-0.05, 0) is 36.1 Å². The average Bonchev–Trinajstić information content (AvgIpc) is 3.18. The van der Waals surface area contributed by atoms with E-state index in [2.05, 4.69) is 10.6 Å². The van der Waals surface area contributed by atoms with Crippen molar-refractivity contribution in [3.63, 3.8) is 0 Å². The van der Waals surface area contributed by atoms with Gasteiger partial charge in [0, 0.05) is 17.5 Å². The molecule has 144 valence electrons. The lowest BCUT2D eigenvalue weighted by atomic mass is 10.2. The quantitative estimate of drug-likeness (QED) is 0.477. The molecule has 0 bridgehead atoms. The van der Waals surface area contributed by atoms with Crippen LogP contribution in [-0.2, 0) is 14.3 Å². The Balaban J connectivity index is 1.51. The van der Waals surface area contributed by atoms with E-state index in [9.17, 15) is 14.4 Å². The second-order valence-corrected chi connectivity index (χ2v) is 6.47. The number of thiophene rings is 1. The number of rotatable bonds is 10. The largest absolute Gasteiger partial charge is 0.492 e. The minimum absolute atomic E-state index is 0.000371. The van der Waals surface area contributed by atoms with Crippen molar-refractivity contribution in [2.45, 2.75) is 13.3 Å². The van der Waals surface area contributed by atoms with E-state index in [4.69, 9.17) is 9.47 Å². The van der Waals surface area contributed by atoms with E-state index in [1.165, 1.54) is 11.3 Å². The van der Waals surface area contributed by atoms with Crippen LogP contribution in [0.2, 0.25) is 0 Å². The van der Waals surface area contributed by atoms with E-state index in [1.807, 2.05) is 31.2 Å². The average molecular weight is 390 g/mol. The molecule has 7 nitrogen and oxygen atoms in total. The Labute approximate surface area is 161 Å². The molecule has 2 N–H and O–H groups in total. The molecule has 1 heterocycles. The maximum absolute atomic E-state index is 11.7. The summed E-state index contributed by atoms with van der Waals surface area (Å²) < 4.78 is 10.4. The van der Waals surface area contributed by atoms with Gasteiger partial charge in [0.15, 0.2) is 6.61 Å². The fourth-order valence-electron chi connectivity index (χ4n) is 2.11. The summed E-state index contributed by atoms with van der Waals surface area (Å²) in [7, 11) is 0. The van der Waals surface area contributed by atoms with E-state index < -0.39 is 11.9 Å². The predicted molar refractivity (Wildman–Crippen MR) is 102 cm³/mol. The van der Waals surface area contributed by atoms with Crippen molar-refractivity contribution in [2.75, 3.05) is 26.3 Å². The Kier molecular flexibility index (Phi) is 8.31. The zero-order valence-electron chi connectivity index (χ0n) is 15.0. The molecule has 0 atom stereocenters. The van der Waals surface area contributed by atoms with Gasteiger partial charge in [0.25, 0.3) is 11.8 Å². The summed E-state index contributed by atoms with van der Waals surface area (Å²) in [6.45, 7) is 2.39. The molecule has 0 saturated heterocycles. The summed E-state index contributed by atoms with van der Waals surface area (Å²) in [5.74, 6) is -0.458. The van der Waals surface area contributed by atoms with Crippen LogP contribution in [-0.4, -0.2) is 44.1 Å². The van der Waals surface area contributed by atoms with Crippen LogP contribution in [0.4, 0.5) is 0 Å². The molecule has 0 aliphatic heterocycles. The van der Waals surface area contributed by atoms with Crippen molar-refractivity contribution in [2.24, 2.45) is 0 Å². The first-order valence-electron chi connectivity index (χ1n) is 8.47. The Morgan fingerprint density at radius 1 is 1.11 bits per heavy atom. The number of nitrogens with one attached hydrogen (secondary N) is 2. The fraction of sp³-hybridized carbons (Fsp3) is 0.316. The number of carbonyl (C=O) groups excluding carboxylic acids is 3. The summed E-state index contributed by atoms with van der Waals surface area (Å²) in [6.07, 6.45) is -0.000371. The van der Waals surface area contributed by atoms with E-state index in [0.717, 1.165) is 11.3 Å². The highest BCUT2D eigenvalue weighted by molar-refractivity contribution is 7.08. The number of hydrogen-bond donors (Lipinski definition) is 2. The van der Waals surface area contributed by atoms with Crippen molar-refractivity contribution in [3.8, 4) is 5.75 Å². The second-order valence-electron chi connectivity index (χ2n) is 5.69. The Morgan fingerprint density at radius 3 is 2.70 bits per heavy atom. The molecule has 2 amide bonds. The number of esters is 1. The van der Waals surface area contributed by atoms with Gasteiger partial charge in [-0.25, -0.2) is 0 Å². The van der Waals surface area contributed by atoms with Crippen LogP contribution in [0, 0.1) is 6.92 Å². The van der Waals surface area contributed by atoms with Crippen LogP contribution in [0.5, 0.6) is 5.75 Å². The number of carbonyl (C=O) groups is 3. The number of amides is 2. The third-order valence-electron chi connectivity index (χ3n) is 3.44. The Morgan fingerprint density at radius 2 is 1.96 bits per heavy atom. The van der Waals surface area contributed by atoms with Crippen LogP contribution in [0.25, 0.3) is 0 Å². The van der Waals surface area contributed by atoms with Crippen molar-refractivity contribution in [1.29, 1.82) is 0 Å². The lowest BCUT2D eigenvalue weighted by molar-refractivity contribution is -0.148. The van der Waals surface area contributed by atoms with E-state index in [-0.39, 0.29) is 25.5 Å². The molecule has 2 aromatic rings. The van der Waals surface area contributed by atoms with Crippen LogP contribution in [0.15, 0.2) is 41.1 Å². The summed E-state index contributed by atoms with van der Waals surface area (Å²) >= 11 is 1.42. The van der Waals surface area contributed by atoms with E-state index in [0.29, 0.717) is 18.7 Å². The zero-order chi connectivity index (χ0) is 19.5. The third kappa shape index (κ3) is 7.91. The van der Waals surface area contributed by atoms with Crippen LogP contribution >= 0.6 is 11.3 Å². The van der Waals surface area contributed by atoms with Gasteiger partial charge in [0.1, 0.15) is 12.4 Å². The lowest BCUT2D eigenvalue weighted by Gasteiger charge is -2.09. The molecule has 0 spiro atoms. The number of benzene rings is 1. The summed E-state index contributed by atoms with van der Waals surface area (Å²) in [4.78, 5) is 34.9. The molecule has 8 heteroatoms. The topological polar surface area (TPSA) is 93.7 Å². The molecular weight excluding hydrogens is 368 g/mol. The molecule has 1 aromatic carbocycles. The Bertz CT molecular complexity index is 761. The maximum Gasteiger partial charge on any atom is 0.308 e. The van der Waals surface area contributed by atoms with Gasteiger partial charge < -0.3 is 20.1 Å². The molecule has 1 aromatic heterocycles. The zero-order valence-corrected chi connectivity index (χ0v) is 15.8. The number of hydrogen-bond acceptors (Lipinski definition) is 6. The molecule has 0 aliphatic rings. The van der Waals surface area contributed by atoms with Gasteiger partial charge in [-0.15, -0.1) is 0 Å². The minimum Gasteiger partial charge on any atom is -0.492 e. The number of aryl methyl sites for hydroxylation is 1. The molecule has 2 rings (SSSR count). The maximum atomic E-state index is 11.7. The van der Waals surface area contributed by atoms with Gasteiger partial charge in [-0.3, -0.25) is 14.4 Å². The summed E-state index contributed by atoms with van der Waals surface area (Å²) in [5.41, 5.74) is 1.65. The SMILES string of the molecule is Cc1cccc(OCCNC(=O)COC(=O)CCNC(=O)c2ccsc2)c1. The van der Waals surface area contributed by atoms with Gasteiger partial charge in [-0.1, -0.05) is 12.1 Å². The van der Waals surface area contributed by atoms with Crippen LogP contribution in [0.1, 0.15) is 22.3 Å². The van der Waals surface area contributed by atoms with E-state index >= 15 is 0 Å². The first-order valence-corrected chi connectivity index (χ1v) is 9.41. The lowest BCUT2D eigenvalue weighted by Crippen LogP contribution is -2.32. The molecule has 0 unspecified atom stereocenters. The minimum atomic E-state index is -0.549. The van der Waals surface area contributed by atoms with Crippen molar-refractivity contribution in [3.05, 3.63) is 52.2 Å².